The van der Waals surface area contributed by atoms with Crippen molar-refractivity contribution in [1.29, 1.82) is 0 Å². The van der Waals surface area contributed by atoms with E-state index in [1.807, 2.05) is 5.32 Å². The molecule has 2 heterocycles. The number of rotatable bonds is 6. The minimum absolute atomic E-state index is 0.0556. The van der Waals surface area contributed by atoms with E-state index in [1.165, 1.54) is 0 Å². The lowest BCUT2D eigenvalue weighted by atomic mass is 9.72. The van der Waals surface area contributed by atoms with E-state index in [9.17, 15) is 52.3 Å². The smallest absolute Gasteiger partial charge is 0.534 e. The fraction of sp³-hybridized carbons (Fsp3) is 0.273. The number of fused-ring (bicyclic) bond motifs is 1. The summed E-state index contributed by atoms with van der Waals surface area (Å²) >= 11 is 5.98. The third kappa shape index (κ3) is 5.57. The maximum atomic E-state index is 15.0. The zero-order valence-electron chi connectivity index (χ0n) is 21.2. The number of carboxylic acid groups (broad SMARTS) is 1. The zero-order chi connectivity index (χ0) is 31.3. The maximum Gasteiger partial charge on any atom is 0.547 e. The Balaban J connectivity index is 1.66. The summed E-state index contributed by atoms with van der Waals surface area (Å²) in [4.78, 5) is 50.8. The molecule has 5 amide bonds. The lowest BCUT2D eigenvalue weighted by Crippen LogP contribution is -2.56. The van der Waals surface area contributed by atoms with E-state index in [0.29, 0.717) is 15.3 Å². The zero-order valence-corrected chi connectivity index (χ0v) is 22.7. The van der Waals surface area contributed by atoms with Gasteiger partial charge in [-0.15, -0.1) is 0 Å². The minimum atomic E-state index is -4.06. The number of aromatic carboxylic acids is 1. The van der Waals surface area contributed by atoms with Crippen LogP contribution in [0.4, 0.5) is 18.4 Å². The Morgan fingerprint density at radius 3 is 2.45 bits per heavy atom. The van der Waals surface area contributed by atoms with Crippen molar-refractivity contribution < 1.29 is 61.4 Å². The van der Waals surface area contributed by atoms with Crippen LogP contribution in [0.15, 0.2) is 18.2 Å². The molecule has 224 valence electrons. The largest absolute Gasteiger partial charge is 0.547 e. The first kappa shape index (κ1) is 30.6. The molecular formula is C22H20BClF2N4O11S. The molecule has 20 heteroatoms. The topological polar surface area (TPSA) is 223 Å². The summed E-state index contributed by atoms with van der Waals surface area (Å²) in [6, 6.07) is -2.47. The SMILES string of the molecule is CS(=O)(=O)N1CCN(C(=O)N[C@@H](C(=O)N[C@H]2Cc3ccc(F)c(C(=O)O)c3OB2O)c2c(F)cc(O)c(O)c2Cl)C1=O. The molecular weight excluding hydrogens is 613 g/mol. The molecule has 0 bridgehead atoms. The number of hydrogen-bond donors (Lipinski definition) is 6. The molecule has 2 aromatic rings. The van der Waals surface area contributed by atoms with Gasteiger partial charge in [0.1, 0.15) is 29.0 Å². The number of urea groups is 2. The second-order valence-corrected chi connectivity index (χ2v) is 11.4. The summed E-state index contributed by atoms with van der Waals surface area (Å²) in [5.41, 5.74) is -1.69. The van der Waals surface area contributed by atoms with Crippen LogP contribution in [0.25, 0.3) is 0 Å². The summed E-state index contributed by atoms with van der Waals surface area (Å²) in [6.07, 6.45) is 0.384. The number of hydrogen-bond acceptors (Lipinski definition) is 10. The van der Waals surface area contributed by atoms with Crippen molar-refractivity contribution in [2.45, 2.75) is 18.4 Å². The van der Waals surface area contributed by atoms with Crippen molar-refractivity contribution >= 4 is 52.7 Å². The number of carbonyl (C=O) groups is 4. The van der Waals surface area contributed by atoms with Gasteiger partial charge in [-0.05, 0) is 18.1 Å². The lowest BCUT2D eigenvalue weighted by molar-refractivity contribution is -0.123. The first-order valence-electron chi connectivity index (χ1n) is 11.7. The van der Waals surface area contributed by atoms with Gasteiger partial charge >= 0.3 is 25.1 Å². The third-order valence-corrected chi connectivity index (χ3v) is 7.92. The first-order valence-corrected chi connectivity index (χ1v) is 13.9. The van der Waals surface area contributed by atoms with Crippen LogP contribution in [-0.2, 0) is 21.2 Å². The molecule has 1 fully saturated rings. The van der Waals surface area contributed by atoms with Gasteiger partial charge in [0.05, 0.1) is 30.3 Å². The van der Waals surface area contributed by atoms with Crippen LogP contribution in [0.2, 0.25) is 5.02 Å². The minimum Gasteiger partial charge on any atom is -0.534 e. The van der Waals surface area contributed by atoms with Crippen molar-refractivity contribution in [2.75, 3.05) is 19.3 Å². The average molecular weight is 633 g/mol. The summed E-state index contributed by atoms with van der Waals surface area (Å²) < 4.78 is 58.2. The third-order valence-electron chi connectivity index (χ3n) is 6.40. The highest BCUT2D eigenvalue weighted by Gasteiger charge is 2.43. The van der Waals surface area contributed by atoms with Crippen LogP contribution < -0.4 is 15.3 Å². The highest BCUT2D eigenvalue weighted by molar-refractivity contribution is 7.88. The second-order valence-electron chi connectivity index (χ2n) is 9.15. The molecule has 2 atom stereocenters. The number of carboxylic acids is 1. The number of amides is 5. The molecule has 0 spiro atoms. The lowest BCUT2D eigenvalue weighted by Gasteiger charge is -2.31. The fourth-order valence-electron chi connectivity index (χ4n) is 4.38. The van der Waals surface area contributed by atoms with Crippen molar-refractivity contribution in [3.8, 4) is 17.2 Å². The molecule has 6 N–H and O–H groups in total. The number of nitrogens with zero attached hydrogens (tertiary/aromatic N) is 2. The quantitative estimate of drug-likeness (QED) is 0.188. The number of sulfonamides is 1. The molecule has 0 aliphatic carbocycles. The molecule has 2 aromatic carbocycles. The van der Waals surface area contributed by atoms with Gasteiger partial charge in [0.25, 0.3) is 0 Å². The highest BCUT2D eigenvalue weighted by Crippen LogP contribution is 2.40. The molecule has 0 unspecified atom stereocenters. The van der Waals surface area contributed by atoms with Crippen molar-refractivity contribution in [3.05, 3.63) is 51.5 Å². The van der Waals surface area contributed by atoms with Gasteiger partial charge < -0.3 is 35.6 Å². The molecule has 42 heavy (non-hydrogen) atoms. The number of phenolic OH excluding ortho intramolecular Hbond substituents is 2. The first-order chi connectivity index (χ1) is 19.5. The van der Waals surface area contributed by atoms with Crippen LogP contribution in [-0.4, -0.2) is 94.3 Å². The Kier molecular flexibility index (Phi) is 8.12. The summed E-state index contributed by atoms with van der Waals surface area (Å²) in [6.45, 7) is -0.863. The Morgan fingerprint density at radius 1 is 1.19 bits per heavy atom. The van der Waals surface area contributed by atoms with Crippen molar-refractivity contribution in [2.24, 2.45) is 0 Å². The average Bonchev–Trinajstić information content (AvgIpc) is 3.29. The number of nitrogens with one attached hydrogen (secondary N) is 2. The van der Waals surface area contributed by atoms with Crippen LogP contribution in [0.5, 0.6) is 17.2 Å². The van der Waals surface area contributed by atoms with E-state index in [-0.39, 0.29) is 12.0 Å². The number of aromatic hydroxyl groups is 2. The highest BCUT2D eigenvalue weighted by atomic mass is 35.5. The maximum absolute atomic E-state index is 15.0. The number of phenols is 2. The monoisotopic (exact) mass is 632 g/mol. The predicted octanol–water partition coefficient (Wildman–Crippen LogP) is 0.315. The molecule has 0 saturated carbocycles. The number of halogens is 3. The summed E-state index contributed by atoms with van der Waals surface area (Å²) in [5.74, 6) is -9.53. The van der Waals surface area contributed by atoms with E-state index < -0.39 is 111 Å². The van der Waals surface area contributed by atoms with Crippen LogP contribution in [0, 0.1) is 11.6 Å². The van der Waals surface area contributed by atoms with Gasteiger partial charge in [-0.2, -0.15) is 0 Å². The second kappa shape index (κ2) is 11.1. The van der Waals surface area contributed by atoms with Gasteiger partial charge in [0.2, 0.25) is 15.9 Å². The molecule has 0 aromatic heterocycles. The number of carbonyl (C=O) groups excluding carboxylic acids is 3. The van der Waals surface area contributed by atoms with E-state index in [1.54, 1.807) is 0 Å². The van der Waals surface area contributed by atoms with Crippen molar-refractivity contribution in [3.63, 3.8) is 0 Å². The number of benzene rings is 2. The number of imide groups is 1. The normalized spacial score (nSPS) is 17.4. The molecule has 0 radical (unpaired) electrons. The molecule has 2 aliphatic heterocycles. The van der Waals surface area contributed by atoms with Crippen LogP contribution >= 0.6 is 11.6 Å². The van der Waals surface area contributed by atoms with E-state index in [4.69, 9.17) is 16.3 Å². The fourth-order valence-corrected chi connectivity index (χ4v) is 5.48. The standard InChI is InChI=1S/C22H20BClF2N4O11S/c1-42(39,40)30-5-4-29(22(30)37)21(36)28-16(13-10(26)7-11(31)17(32)15(13)24)19(33)27-12-6-8-2-3-9(25)14(20(34)35)18(8)41-23(12)38/h2-3,7,12,16,31-32,38H,4-6H2,1H3,(H,27,33)(H,28,36)(H,34,35)/t12-,16+/m0/s1. The van der Waals surface area contributed by atoms with Gasteiger partial charge in [-0.1, -0.05) is 17.7 Å². The Morgan fingerprint density at radius 2 is 1.86 bits per heavy atom. The molecule has 1 saturated heterocycles. The Labute approximate surface area is 240 Å². The van der Waals surface area contributed by atoms with Gasteiger partial charge in [-0.25, -0.2) is 40.8 Å². The van der Waals surface area contributed by atoms with Crippen molar-refractivity contribution in [1.82, 2.24) is 19.8 Å². The Bertz CT molecular complexity index is 1630. The van der Waals surface area contributed by atoms with Gasteiger partial charge in [0.15, 0.2) is 11.5 Å². The van der Waals surface area contributed by atoms with Gasteiger partial charge in [0, 0.05) is 11.6 Å². The summed E-state index contributed by atoms with van der Waals surface area (Å²) in [5, 5.41) is 42.9. The molecule has 2 aliphatic rings. The predicted molar refractivity (Wildman–Crippen MR) is 137 cm³/mol. The molecule has 4 rings (SSSR count). The molecule has 15 nitrogen and oxygen atoms in total. The van der Waals surface area contributed by atoms with E-state index in [0.717, 1.165) is 18.4 Å². The van der Waals surface area contributed by atoms with E-state index >= 15 is 4.39 Å². The Hall–Kier alpha value is -4.36. The van der Waals surface area contributed by atoms with Gasteiger partial charge in [-0.3, -0.25) is 4.79 Å². The van der Waals surface area contributed by atoms with Crippen LogP contribution in [0.1, 0.15) is 27.5 Å². The van der Waals surface area contributed by atoms with E-state index in [2.05, 4.69) is 5.32 Å². The summed E-state index contributed by atoms with van der Waals surface area (Å²) in [7, 11) is -6.04. The van der Waals surface area contributed by atoms with Crippen LogP contribution in [0.3, 0.4) is 0 Å².